The first-order chi connectivity index (χ1) is 6.20. The summed E-state index contributed by atoms with van der Waals surface area (Å²) in [6, 6.07) is 0. The Morgan fingerprint density at radius 3 is 2.77 bits per heavy atom. The summed E-state index contributed by atoms with van der Waals surface area (Å²) in [4.78, 5) is 0. The predicted molar refractivity (Wildman–Crippen MR) is 54.4 cm³/mol. The highest BCUT2D eigenvalue weighted by atomic mass is 79.9. The molecule has 4 heteroatoms. The van der Waals surface area contributed by atoms with Crippen molar-refractivity contribution in [2.45, 2.75) is 32.1 Å². The number of nitrogens with two attached hydrogens (primary N) is 1. The van der Waals surface area contributed by atoms with Gasteiger partial charge in [-0.3, -0.25) is 0 Å². The molecule has 2 atom stereocenters. The Kier molecular flexibility index (Phi) is 2.32. The number of hydrogen-bond acceptors (Lipinski definition) is 3. The minimum atomic E-state index is 0.467. The molecule has 0 saturated heterocycles. The quantitative estimate of drug-likeness (QED) is 0.827. The van der Waals surface area contributed by atoms with Crippen LogP contribution in [-0.4, -0.2) is 5.16 Å². The van der Waals surface area contributed by atoms with Gasteiger partial charge in [0.25, 0.3) is 0 Å². The molecular weight excluding hydrogens is 232 g/mol. The van der Waals surface area contributed by atoms with Crippen LogP contribution in [0.4, 0.5) is 5.82 Å². The van der Waals surface area contributed by atoms with E-state index in [1.807, 2.05) is 0 Å². The molecule has 13 heavy (non-hydrogen) atoms. The van der Waals surface area contributed by atoms with Crippen molar-refractivity contribution < 1.29 is 4.52 Å². The molecule has 0 spiro atoms. The van der Waals surface area contributed by atoms with E-state index in [2.05, 4.69) is 28.0 Å². The zero-order valence-electron chi connectivity index (χ0n) is 7.59. The molecule has 1 aliphatic carbocycles. The van der Waals surface area contributed by atoms with Crippen LogP contribution in [0.15, 0.2) is 9.00 Å². The molecule has 0 aromatic carbocycles. The number of halogens is 1. The Morgan fingerprint density at radius 2 is 2.31 bits per heavy atom. The average molecular weight is 245 g/mol. The van der Waals surface area contributed by atoms with Gasteiger partial charge in [0.15, 0.2) is 11.6 Å². The highest BCUT2D eigenvalue weighted by Crippen LogP contribution is 2.43. The molecule has 0 amide bonds. The summed E-state index contributed by atoms with van der Waals surface area (Å²) in [6.45, 7) is 2.25. The molecular formula is C9H13BrN2O. The molecule has 2 rings (SSSR count). The summed E-state index contributed by atoms with van der Waals surface area (Å²) in [6.07, 6.45) is 3.74. The predicted octanol–water partition coefficient (Wildman–Crippen LogP) is 2.92. The number of nitrogen functional groups attached to an aromatic ring is 1. The lowest BCUT2D eigenvalue weighted by Gasteiger charge is -2.11. The zero-order valence-corrected chi connectivity index (χ0v) is 9.17. The smallest absolute Gasteiger partial charge is 0.181 e. The Morgan fingerprint density at radius 1 is 1.54 bits per heavy atom. The van der Waals surface area contributed by atoms with Gasteiger partial charge >= 0.3 is 0 Å². The normalized spacial score (nSPS) is 28.2. The lowest BCUT2D eigenvalue weighted by atomic mass is 9.96. The molecule has 1 heterocycles. The van der Waals surface area contributed by atoms with Crippen LogP contribution >= 0.6 is 15.9 Å². The van der Waals surface area contributed by atoms with Gasteiger partial charge in [-0.15, -0.1) is 0 Å². The molecule has 1 aliphatic rings. The second kappa shape index (κ2) is 3.33. The maximum atomic E-state index is 5.60. The van der Waals surface area contributed by atoms with Crippen molar-refractivity contribution in [3.63, 3.8) is 0 Å². The first-order valence-electron chi connectivity index (χ1n) is 4.60. The third-order valence-corrected chi connectivity index (χ3v) is 3.68. The van der Waals surface area contributed by atoms with Crippen molar-refractivity contribution in [2.24, 2.45) is 5.92 Å². The van der Waals surface area contributed by atoms with E-state index < -0.39 is 0 Å². The summed E-state index contributed by atoms with van der Waals surface area (Å²) < 4.78 is 6.08. The molecule has 3 nitrogen and oxygen atoms in total. The zero-order chi connectivity index (χ0) is 9.42. The van der Waals surface area contributed by atoms with Gasteiger partial charge in [0.1, 0.15) is 4.47 Å². The van der Waals surface area contributed by atoms with Gasteiger partial charge in [0.05, 0.1) is 0 Å². The fourth-order valence-electron chi connectivity index (χ4n) is 2.07. The summed E-state index contributed by atoms with van der Waals surface area (Å²) >= 11 is 3.41. The van der Waals surface area contributed by atoms with E-state index in [1.165, 1.54) is 19.3 Å². The van der Waals surface area contributed by atoms with E-state index in [4.69, 9.17) is 10.3 Å². The second-order valence-corrected chi connectivity index (χ2v) is 4.55. The van der Waals surface area contributed by atoms with E-state index in [0.717, 1.165) is 10.2 Å². The summed E-state index contributed by atoms with van der Waals surface area (Å²) in [5.74, 6) is 2.58. The largest absolute Gasteiger partial charge is 0.380 e. The number of rotatable bonds is 1. The van der Waals surface area contributed by atoms with Gasteiger partial charge in [-0.2, -0.15) is 0 Å². The highest BCUT2D eigenvalue weighted by Gasteiger charge is 2.30. The molecule has 2 N–H and O–H groups in total. The summed E-state index contributed by atoms with van der Waals surface area (Å²) in [7, 11) is 0. The second-order valence-electron chi connectivity index (χ2n) is 3.76. The monoisotopic (exact) mass is 244 g/mol. The van der Waals surface area contributed by atoms with Crippen molar-refractivity contribution in [3.8, 4) is 0 Å². The molecule has 0 aliphatic heterocycles. The fourth-order valence-corrected chi connectivity index (χ4v) is 2.51. The SMILES string of the molecule is CC1CCCC1c1onc(N)c1Br. The van der Waals surface area contributed by atoms with Crippen molar-refractivity contribution in [2.75, 3.05) is 5.73 Å². The molecule has 1 aromatic rings. The molecule has 2 unspecified atom stereocenters. The first-order valence-corrected chi connectivity index (χ1v) is 5.40. The summed E-state index contributed by atoms with van der Waals surface area (Å²) in [5, 5.41) is 3.75. The minimum absolute atomic E-state index is 0.467. The van der Waals surface area contributed by atoms with Crippen LogP contribution < -0.4 is 5.73 Å². The maximum Gasteiger partial charge on any atom is 0.181 e. The van der Waals surface area contributed by atoms with Crippen LogP contribution in [0.3, 0.4) is 0 Å². The topological polar surface area (TPSA) is 52.0 Å². The van der Waals surface area contributed by atoms with Gasteiger partial charge in [0.2, 0.25) is 0 Å². The molecule has 1 aromatic heterocycles. The minimum Gasteiger partial charge on any atom is -0.380 e. The van der Waals surface area contributed by atoms with E-state index in [1.54, 1.807) is 0 Å². The number of aromatic nitrogens is 1. The van der Waals surface area contributed by atoms with Crippen molar-refractivity contribution in [3.05, 3.63) is 10.2 Å². The van der Waals surface area contributed by atoms with Crippen LogP contribution in [0.5, 0.6) is 0 Å². The number of hydrogen-bond donors (Lipinski definition) is 1. The Balaban J connectivity index is 2.29. The lowest BCUT2D eigenvalue weighted by Crippen LogP contribution is -2.01. The van der Waals surface area contributed by atoms with Gasteiger partial charge in [-0.05, 0) is 34.7 Å². The van der Waals surface area contributed by atoms with Crippen molar-refractivity contribution >= 4 is 21.7 Å². The number of anilines is 1. The fraction of sp³-hybridized carbons (Fsp3) is 0.667. The first kappa shape index (κ1) is 9.06. The van der Waals surface area contributed by atoms with Gasteiger partial charge < -0.3 is 10.3 Å². The van der Waals surface area contributed by atoms with Gasteiger partial charge in [-0.25, -0.2) is 0 Å². The Hall–Kier alpha value is -0.510. The molecule has 0 bridgehead atoms. The van der Waals surface area contributed by atoms with Crippen LogP contribution in [0.25, 0.3) is 0 Å². The van der Waals surface area contributed by atoms with Crippen molar-refractivity contribution in [1.82, 2.24) is 5.16 Å². The van der Waals surface area contributed by atoms with Crippen LogP contribution in [0, 0.1) is 5.92 Å². The van der Waals surface area contributed by atoms with Crippen LogP contribution in [0.2, 0.25) is 0 Å². The third kappa shape index (κ3) is 1.47. The molecule has 1 saturated carbocycles. The van der Waals surface area contributed by atoms with Crippen LogP contribution in [0.1, 0.15) is 37.9 Å². The van der Waals surface area contributed by atoms with Crippen LogP contribution in [-0.2, 0) is 0 Å². The molecule has 1 fully saturated rings. The molecule has 72 valence electrons. The Bertz CT molecular complexity index is 311. The molecule has 0 radical (unpaired) electrons. The lowest BCUT2D eigenvalue weighted by molar-refractivity contribution is 0.339. The Labute approximate surface area is 85.8 Å². The number of nitrogens with zero attached hydrogens (tertiary/aromatic N) is 1. The van der Waals surface area contributed by atoms with E-state index in [0.29, 0.717) is 17.7 Å². The highest BCUT2D eigenvalue weighted by molar-refractivity contribution is 9.10. The van der Waals surface area contributed by atoms with Gasteiger partial charge in [-0.1, -0.05) is 18.5 Å². The third-order valence-electron chi connectivity index (χ3n) is 2.88. The average Bonchev–Trinajstić information content (AvgIpc) is 2.62. The summed E-state index contributed by atoms with van der Waals surface area (Å²) in [5.41, 5.74) is 5.60. The van der Waals surface area contributed by atoms with E-state index >= 15 is 0 Å². The van der Waals surface area contributed by atoms with E-state index in [-0.39, 0.29) is 0 Å². The van der Waals surface area contributed by atoms with Crippen molar-refractivity contribution in [1.29, 1.82) is 0 Å². The van der Waals surface area contributed by atoms with E-state index in [9.17, 15) is 0 Å². The maximum absolute atomic E-state index is 5.60. The van der Waals surface area contributed by atoms with Gasteiger partial charge in [0, 0.05) is 5.92 Å². The standard InChI is InChI=1S/C9H13BrN2O/c1-5-3-2-4-6(5)8-7(10)9(11)12-13-8/h5-6H,2-4H2,1H3,(H2,11,12).